The first kappa shape index (κ1) is 20.6. The van der Waals surface area contributed by atoms with Crippen molar-refractivity contribution in [3.8, 4) is 0 Å². The van der Waals surface area contributed by atoms with Crippen LogP contribution in [0.1, 0.15) is 0 Å². The maximum Gasteiger partial charge on any atom is 0.523 e. The topological polar surface area (TPSA) is 86.7 Å². The van der Waals surface area contributed by atoms with E-state index >= 15 is 0 Å². The van der Waals surface area contributed by atoms with Crippen LogP contribution in [0.3, 0.4) is 0 Å². The van der Waals surface area contributed by atoms with E-state index in [0.29, 0.717) is 0 Å². The third-order valence-electron chi connectivity index (χ3n) is 0.820. The number of hydrogen-bond donors (Lipinski definition) is 0. The molecule has 0 bridgehead atoms. The minimum atomic E-state index is -5.37. The van der Waals surface area contributed by atoms with Crippen molar-refractivity contribution < 1.29 is 51.1 Å². The van der Waals surface area contributed by atoms with E-state index in [2.05, 4.69) is 7.94 Å². The molecule has 0 fully saturated rings. The first-order valence-corrected chi connectivity index (χ1v) is 6.77. The first-order chi connectivity index (χ1) is 7.62. The average molecular weight is 364 g/mol. The average Bonchev–Trinajstić information content (AvgIpc) is 2.15. The summed E-state index contributed by atoms with van der Waals surface area (Å²) in [5.74, 6) is 0. The predicted octanol–water partition coefficient (Wildman–Crippen LogP) is 1.29. The molecule has 0 radical (unpaired) electrons. The van der Waals surface area contributed by atoms with E-state index in [9.17, 15) is 43.2 Å². The van der Waals surface area contributed by atoms with Crippen LogP contribution in [0.15, 0.2) is 0 Å². The minimum Gasteiger partial charge on any atom is -0.247 e. The van der Waals surface area contributed by atoms with Gasteiger partial charge in [-0.2, -0.15) is 43.2 Å². The molecule has 0 saturated carbocycles. The first-order valence-electron chi connectivity index (χ1n) is 3.01. The molecule has 0 aromatic rings. The van der Waals surface area contributed by atoms with Crippen LogP contribution < -0.4 is 0 Å². The molecular weight excluding hydrogens is 360 g/mol. The predicted molar refractivity (Wildman–Crippen MR) is 51.5 cm³/mol. The van der Waals surface area contributed by atoms with Crippen molar-refractivity contribution in [2.45, 2.75) is 11.0 Å². The van der Waals surface area contributed by atoms with E-state index < -0.39 is 31.3 Å². The molecule has 2 atom stereocenters. The van der Waals surface area contributed by atoms with Crippen molar-refractivity contribution in [1.82, 2.24) is 0 Å². The minimum absolute atomic E-state index is 1.00. The van der Waals surface area contributed by atoms with Gasteiger partial charge in [0.15, 0.2) is 0 Å². The van der Waals surface area contributed by atoms with Crippen LogP contribution >= 0.6 is 18.9 Å². The quantitative estimate of drug-likeness (QED) is 0.417. The lowest BCUT2D eigenvalue weighted by atomic mass is 11.6. The smallest absolute Gasteiger partial charge is 0.247 e. The van der Waals surface area contributed by atoms with Gasteiger partial charge in [-0.05, 0) is 0 Å². The van der Waals surface area contributed by atoms with E-state index in [-0.39, 0.29) is 0 Å². The summed E-state index contributed by atoms with van der Waals surface area (Å²) in [6.07, 6.45) is 0. The van der Waals surface area contributed by atoms with E-state index in [0.717, 1.165) is 18.9 Å². The standard InChI is InChI=1S/2CH2F3O3PS/c2*2-1(3,4)9(5,6)7-8/h2*8H2. The molecule has 2 unspecified atom stereocenters. The summed E-state index contributed by atoms with van der Waals surface area (Å²) in [5, 5.41) is 0. The van der Waals surface area contributed by atoms with Gasteiger partial charge in [-0.15, -0.1) is 0 Å². The van der Waals surface area contributed by atoms with Crippen LogP contribution in [0.4, 0.5) is 26.3 Å². The molecule has 18 heavy (non-hydrogen) atoms. The van der Waals surface area contributed by atoms with Crippen molar-refractivity contribution in [2.75, 3.05) is 0 Å². The molecule has 0 aliphatic rings. The van der Waals surface area contributed by atoms with Gasteiger partial charge in [0.05, 0.1) is 0 Å². The molecule has 112 valence electrons. The zero-order chi connectivity index (χ0) is 15.4. The van der Waals surface area contributed by atoms with Crippen molar-refractivity contribution in [1.29, 1.82) is 0 Å². The second-order valence-corrected chi connectivity index (χ2v) is 6.27. The van der Waals surface area contributed by atoms with Crippen molar-refractivity contribution in [3.63, 3.8) is 0 Å². The third kappa shape index (κ3) is 6.43. The fraction of sp³-hybridized carbons (Fsp3) is 1.00. The van der Waals surface area contributed by atoms with Gasteiger partial charge in [-0.1, -0.05) is 0 Å². The summed E-state index contributed by atoms with van der Waals surface area (Å²) in [6, 6.07) is 0. The highest BCUT2D eigenvalue weighted by Gasteiger charge is 2.47. The lowest BCUT2D eigenvalue weighted by molar-refractivity contribution is -0.0499. The van der Waals surface area contributed by atoms with Crippen LogP contribution in [0.2, 0.25) is 0 Å². The monoisotopic (exact) mass is 364 g/mol. The molecule has 0 aliphatic heterocycles. The summed E-state index contributed by atoms with van der Waals surface area (Å²) in [7, 11) is -8.74. The Morgan fingerprint density at radius 1 is 0.667 bits per heavy atom. The summed E-state index contributed by atoms with van der Waals surface area (Å²) in [4.78, 5) is 0. The van der Waals surface area contributed by atoms with Crippen LogP contribution in [0.5, 0.6) is 0 Å². The highest BCUT2D eigenvalue weighted by atomic mass is 32.2. The molecular formula is C2H4F6O6P2S2. The number of halogens is 6. The lowest BCUT2D eigenvalue weighted by Crippen LogP contribution is -2.22. The fourth-order valence-corrected chi connectivity index (χ4v) is 0.982. The Balaban J connectivity index is 0. The Hall–Kier alpha value is 0.260. The van der Waals surface area contributed by atoms with E-state index in [4.69, 9.17) is 0 Å². The maximum absolute atomic E-state index is 11.1. The maximum atomic E-state index is 11.1. The molecule has 0 aromatic heterocycles. The molecule has 0 N–H and O–H groups in total. The largest absolute Gasteiger partial charge is 0.523 e. The summed E-state index contributed by atoms with van der Waals surface area (Å²) < 4.78 is 111. The zero-order valence-corrected chi connectivity index (χ0v) is 11.6. The van der Waals surface area contributed by atoms with Crippen molar-refractivity contribution >= 4 is 39.2 Å². The lowest BCUT2D eigenvalue weighted by Gasteiger charge is -2.02. The van der Waals surface area contributed by atoms with E-state index in [1.807, 2.05) is 0 Å². The Morgan fingerprint density at radius 3 is 0.833 bits per heavy atom. The van der Waals surface area contributed by atoms with Gasteiger partial charge in [-0.3, -0.25) is 0 Å². The number of hydrogen-bond acceptors (Lipinski definition) is 6. The Morgan fingerprint density at radius 2 is 0.833 bits per heavy atom. The zero-order valence-electron chi connectivity index (χ0n) is 7.69. The summed E-state index contributed by atoms with van der Waals surface area (Å²) in [6.45, 7) is 0. The molecule has 0 rings (SSSR count). The van der Waals surface area contributed by atoms with Gasteiger partial charge in [0, 0.05) is 18.9 Å². The summed E-state index contributed by atoms with van der Waals surface area (Å²) in [5.41, 5.74) is -10.6. The van der Waals surface area contributed by atoms with Gasteiger partial charge in [-0.25, -0.2) is 7.94 Å². The van der Waals surface area contributed by atoms with Crippen molar-refractivity contribution in [2.24, 2.45) is 0 Å². The second kappa shape index (κ2) is 6.62. The molecule has 0 saturated heterocycles. The fourth-order valence-electron chi connectivity index (χ4n) is 0.109. The molecule has 16 heteroatoms. The number of alkyl halides is 6. The highest BCUT2D eigenvalue weighted by molar-refractivity contribution is 7.89. The Labute approximate surface area is 102 Å². The second-order valence-electron chi connectivity index (χ2n) is 1.99. The molecule has 0 spiro atoms. The van der Waals surface area contributed by atoms with Gasteiger partial charge in [0.2, 0.25) is 0 Å². The van der Waals surface area contributed by atoms with Gasteiger partial charge >= 0.3 is 31.3 Å². The number of rotatable bonds is 2. The van der Waals surface area contributed by atoms with Crippen LogP contribution in [-0.4, -0.2) is 27.9 Å². The van der Waals surface area contributed by atoms with Crippen LogP contribution in [-0.2, 0) is 28.2 Å². The van der Waals surface area contributed by atoms with Crippen LogP contribution in [0.25, 0.3) is 0 Å². The normalized spacial score (nSPS) is 13.8. The molecule has 0 amide bonds. The SMILES string of the molecule is O=S(=O)(OP)C(F)(F)F.O=S(=O)(OP)C(F)(F)F. The van der Waals surface area contributed by atoms with E-state index in [1.165, 1.54) is 0 Å². The van der Waals surface area contributed by atoms with Gasteiger partial charge in [0.25, 0.3) is 0 Å². The van der Waals surface area contributed by atoms with Gasteiger partial charge in [0.1, 0.15) is 0 Å². The van der Waals surface area contributed by atoms with E-state index in [1.54, 1.807) is 0 Å². The third-order valence-corrected chi connectivity index (χ3v) is 3.98. The molecule has 0 heterocycles. The van der Waals surface area contributed by atoms with Crippen molar-refractivity contribution in [3.05, 3.63) is 0 Å². The summed E-state index contributed by atoms with van der Waals surface area (Å²) >= 11 is 0. The molecule has 0 aliphatic carbocycles. The van der Waals surface area contributed by atoms with Gasteiger partial charge < -0.3 is 0 Å². The molecule has 6 nitrogen and oxygen atoms in total. The highest BCUT2D eigenvalue weighted by Crippen LogP contribution is 2.26. The molecule has 0 aromatic carbocycles. The van der Waals surface area contributed by atoms with Crippen LogP contribution in [0, 0.1) is 0 Å². The Kier molecular flexibility index (Phi) is 7.56. The Bertz CT molecular complexity index is 403.